The molecule has 0 radical (unpaired) electrons. The number of aliphatic hydroxyl groups is 1. The van der Waals surface area contributed by atoms with Crippen molar-refractivity contribution in [2.75, 3.05) is 0 Å². The molecule has 0 saturated heterocycles. The number of carbonyl (C=O) groups is 1. The zero-order valence-electron chi connectivity index (χ0n) is 19.0. The topological polar surface area (TPSA) is 95.8 Å². The quantitative estimate of drug-likeness (QED) is 0.436. The Morgan fingerprint density at radius 1 is 1.21 bits per heavy atom. The van der Waals surface area contributed by atoms with Crippen molar-refractivity contribution in [3.05, 3.63) is 71.3 Å². The Morgan fingerprint density at radius 2 is 2.00 bits per heavy atom. The van der Waals surface area contributed by atoms with Crippen molar-refractivity contribution in [1.29, 1.82) is 0 Å². The van der Waals surface area contributed by atoms with E-state index in [2.05, 4.69) is 51.6 Å². The average Bonchev–Trinajstić information content (AvgIpc) is 3.47. The van der Waals surface area contributed by atoms with Crippen molar-refractivity contribution in [3.8, 4) is 11.1 Å². The Morgan fingerprint density at radius 3 is 2.73 bits per heavy atom. The highest BCUT2D eigenvalue weighted by Gasteiger charge is 2.26. The standard InChI is InChI=1S/C26H29N5O2/c1-16-19(11-17-7-9-18(10-8-17)20-13-29-31(2)14-20)12-21(25-24(16)27-15-28-25)26(33)30-22-5-3-4-6-23(22)32/h7-10,12-15,22-23,32H,3-6,11H2,1-2H3,(H,27,28)(H,30,33)/t22-,23-/m0/s1. The molecule has 1 saturated carbocycles. The van der Waals surface area contributed by atoms with Crippen molar-refractivity contribution in [2.24, 2.45) is 7.05 Å². The molecule has 2 atom stereocenters. The second kappa shape index (κ2) is 8.83. The van der Waals surface area contributed by atoms with E-state index < -0.39 is 6.10 Å². The molecule has 1 aliphatic carbocycles. The van der Waals surface area contributed by atoms with Gasteiger partial charge < -0.3 is 15.4 Å². The van der Waals surface area contributed by atoms with Crippen LogP contribution in [-0.2, 0) is 13.5 Å². The summed E-state index contributed by atoms with van der Waals surface area (Å²) in [5.74, 6) is -0.175. The van der Waals surface area contributed by atoms with Gasteiger partial charge in [0.25, 0.3) is 5.91 Å². The third-order valence-corrected chi connectivity index (χ3v) is 6.75. The molecule has 1 amide bonds. The van der Waals surface area contributed by atoms with Crippen LogP contribution in [0.4, 0.5) is 0 Å². The number of benzene rings is 2. The Balaban J connectivity index is 1.42. The summed E-state index contributed by atoms with van der Waals surface area (Å²) in [5, 5.41) is 17.6. The molecule has 0 bridgehead atoms. The van der Waals surface area contributed by atoms with Gasteiger partial charge in [0.1, 0.15) is 5.52 Å². The number of hydrogen-bond donors (Lipinski definition) is 3. The van der Waals surface area contributed by atoms with Crippen LogP contribution in [0.1, 0.15) is 52.7 Å². The number of carbonyl (C=O) groups excluding carboxylic acids is 1. The van der Waals surface area contributed by atoms with Gasteiger partial charge in [0, 0.05) is 18.8 Å². The largest absolute Gasteiger partial charge is 0.391 e. The molecule has 7 heteroatoms. The third kappa shape index (κ3) is 4.28. The second-order valence-corrected chi connectivity index (χ2v) is 9.04. The maximum atomic E-state index is 13.2. The fraction of sp³-hybridized carbons (Fsp3) is 0.346. The number of aromatic nitrogens is 4. The maximum Gasteiger partial charge on any atom is 0.253 e. The molecule has 2 aromatic carbocycles. The summed E-state index contributed by atoms with van der Waals surface area (Å²) in [6.07, 6.45) is 9.28. The van der Waals surface area contributed by atoms with Crippen LogP contribution in [0, 0.1) is 6.92 Å². The molecular weight excluding hydrogens is 414 g/mol. The summed E-state index contributed by atoms with van der Waals surface area (Å²) >= 11 is 0. The average molecular weight is 444 g/mol. The smallest absolute Gasteiger partial charge is 0.253 e. The van der Waals surface area contributed by atoms with Gasteiger partial charge in [-0.05, 0) is 54.5 Å². The Labute approximate surface area is 192 Å². The van der Waals surface area contributed by atoms with Gasteiger partial charge in [-0.1, -0.05) is 37.1 Å². The molecule has 0 spiro atoms. The first kappa shape index (κ1) is 21.4. The number of imidazole rings is 1. The minimum atomic E-state index is -0.486. The van der Waals surface area contributed by atoms with Crippen LogP contribution in [0.25, 0.3) is 22.2 Å². The van der Waals surface area contributed by atoms with Crippen LogP contribution in [0.2, 0.25) is 0 Å². The molecule has 0 aliphatic heterocycles. The Kier molecular flexibility index (Phi) is 5.72. The van der Waals surface area contributed by atoms with E-state index in [0.717, 1.165) is 53.5 Å². The van der Waals surface area contributed by atoms with E-state index in [9.17, 15) is 9.90 Å². The maximum absolute atomic E-state index is 13.2. The van der Waals surface area contributed by atoms with E-state index in [1.54, 1.807) is 11.0 Å². The Hall–Kier alpha value is -3.45. The lowest BCUT2D eigenvalue weighted by Gasteiger charge is -2.28. The number of fused-ring (bicyclic) bond motifs is 1. The molecule has 5 rings (SSSR count). The highest BCUT2D eigenvalue weighted by molar-refractivity contribution is 6.06. The van der Waals surface area contributed by atoms with Crippen molar-refractivity contribution in [2.45, 2.75) is 51.2 Å². The monoisotopic (exact) mass is 443 g/mol. The molecule has 0 unspecified atom stereocenters. The normalized spacial score (nSPS) is 18.5. The van der Waals surface area contributed by atoms with Crippen molar-refractivity contribution in [1.82, 2.24) is 25.1 Å². The van der Waals surface area contributed by atoms with Gasteiger partial charge in [-0.3, -0.25) is 9.48 Å². The summed E-state index contributed by atoms with van der Waals surface area (Å²) in [5.41, 5.74) is 7.65. The summed E-state index contributed by atoms with van der Waals surface area (Å²) in [7, 11) is 1.91. The van der Waals surface area contributed by atoms with Gasteiger partial charge in [0.15, 0.2) is 0 Å². The van der Waals surface area contributed by atoms with E-state index in [0.29, 0.717) is 17.5 Å². The van der Waals surface area contributed by atoms with Gasteiger partial charge >= 0.3 is 0 Å². The Bertz CT molecular complexity index is 1290. The lowest BCUT2D eigenvalue weighted by molar-refractivity contribution is 0.0718. The van der Waals surface area contributed by atoms with Crippen LogP contribution >= 0.6 is 0 Å². The number of rotatable bonds is 5. The van der Waals surface area contributed by atoms with E-state index in [4.69, 9.17) is 0 Å². The van der Waals surface area contributed by atoms with Gasteiger partial charge in [-0.25, -0.2) is 4.98 Å². The third-order valence-electron chi connectivity index (χ3n) is 6.75. The first-order valence-electron chi connectivity index (χ1n) is 11.5. The second-order valence-electron chi connectivity index (χ2n) is 9.04. The predicted molar refractivity (Wildman–Crippen MR) is 128 cm³/mol. The number of aromatic amines is 1. The number of nitrogens with zero attached hydrogens (tertiary/aromatic N) is 3. The number of amides is 1. The molecule has 170 valence electrons. The van der Waals surface area contributed by atoms with Crippen LogP contribution in [0.5, 0.6) is 0 Å². The minimum absolute atomic E-state index is 0.175. The highest BCUT2D eigenvalue weighted by Crippen LogP contribution is 2.27. The molecule has 33 heavy (non-hydrogen) atoms. The zero-order chi connectivity index (χ0) is 22.9. The number of nitrogens with one attached hydrogen (secondary N) is 2. The van der Waals surface area contributed by atoms with Crippen LogP contribution < -0.4 is 5.32 Å². The van der Waals surface area contributed by atoms with Gasteiger partial charge in [-0.15, -0.1) is 0 Å². The predicted octanol–water partition coefficient (Wildman–Crippen LogP) is 3.90. The van der Waals surface area contributed by atoms with Crippen molar-refractivity contribution < 1.29 is 9.90 Å². The first-order valence-corrected chi connectivity index (χ1v) is 11.5. The first-order chi connectivity index (χ1) is 16.0. The van der Waals surface area contributed by atoms with E-state index in [1.165, 1.54) is 5.56 Å². The van der Waals surface area contributed by atoms with Crippen LogP contribution in [0.3, 0.4) is 0 Å². The molecule has 4 aromatic rings. The van der Waals surface area contributed by atoms with Crippen molar-refractivity contribution >= 4 is 16.9 Å². The minimum Gasteiger partial charge on any atom is -0.391 e. The molecule has 2 heterocycles. The molecule has 2 aromatic heterocycles. The molecule has 3 N–H and O–H groups in total. The van der Waals surface area contributed by atoms with Gasteiger partial charge in [-0.2, -0.15) is 5.10 Å². The van der Waals surface area contributed by atoms with Crippen molar-refractivity contribution in [3.63, 3.8) is 0 Å². The number of aliphatic hydroxyl groups excluding tert-OH is 1. The molecule has 7 nitrogen and oxygen atoms in total. The molecule has 1 fully saturated rings. The van der Waals surface area contributed by atoms with Gasteiger partial charge in [0.2, 0.25) is 0 Å². The lowest BCUT2D eigenvalue weighted by atomic mass is 9.92. The summed E-state index contributed by atoms with van der Waals surface area (Å²) in [6, 6.07) is 10.2. The lowest BCUT2D eigenvalue weighted by Crippen LogP contribution is -2.45. The highest BCUT2D eigenvalue weighted by atomic mass is 16.3. The van der Waals surface area contributed by atoms with E-state index >= 15 is 0 Å². The number of H-pyrrole nitrogens is 1. The van der Waals surface area contributed by atoms with Crippen LogP contribution in [-0.4, -0.2) is 42.9 Å². The summed E-state index contributed by atoms with van der Waals surface area (Å²) < 4.78 is 1.80. The van der Waals surface area contributed by atoms with Gasteiger partial charge in [0.05, 0.1) is 35.8 Å². The zero-order valence-corrected chi connectivity index (χ0v) is 19.0. The van der Waals surface area contributed by atoms with E-state index in [-0.39, 0.29) is 11.9 Å². The molecular formula is C26H29N5O2. The fourth-order valence-electron chi connectivity index (χ4n) is 4.78. The summed E-state index contributed by atoms with van der Waals surface area (Å²) in [6.45, 7) is 2.06. The van der Waals surface area contributed by atoms with Crippen LogP contribution in [0.15, 0.2) is 49.1 Å². The number of aryl methyl sites for hydroxylation is 2. The SMILES string of the molecule is Cc1c(Cc2ccc(-c3cnn(C)c3)cc2)cc(C(=O)N[C@H]2CCCC[C@@H]2O)c2nc[nH]c12. The van der Waals surface area contributed by atoms with E-state index in [1.807, 2.05) is 25.5 Å². The molecule has 1 aliphatic rings. The number of hydrogen-bond acceptors (Lipinski definition) is 4. The fourth-order valence-corrected chi connectivity index (χ4v) is 4.78. The summed E-state index contributed by atoms with van der Waals surface area (Å²) in [4.78, 5) is 20.8.